The summed E-state index contributed by atoms with van der Waals surface area (Å²) in [5, 5.41) is 25.4. The number of carbonyl (C=O) groups is 1. The van der Waals surface area contributed by atoms with Gasteiger partial charge in [-0.1, -0.05) is 29.3 Å². The largest absolute Gasteiger partial charge is 0.872 e. The van der Waals surface area contributed by atoms with Crippen LogP contribution in [-0.4, -0.2) is 10.8 Å². The maximum atomic E-state index is 12.0. The van der Waals surface area contributed by atoms with E-state index in [0.29, 0.717) is 5.02 Å². The summed E-state index contributed by atoms with van der Waals surface area (Å²) in [6.45, 7) is -0.125. The Labute approximate surface area is 135 Å². The predicted octanol–water partition coefficient (Wildman–Crippen LogP) is 2.91. The third kappa shape index (κ3) is 3.66. The molecule has 0 bridgehead atoms. The highest BCUT2D eigenvalue weighted by Crippen LogP contribution is 2.23. The van der Waals surface area contributed by atoms with Crippen molar-refractivity contribution in [2.24, 2.45) is 0 Å². The van der Waals surface area contributed by atoms with Crippen LogP contribution in [0.25, 0.3) is 0 Å². The van der Waals surface area contributed by atoms with Gasteiger partial charge in [-0.05, 0) is 23.8 Å². The van der Waals surface area contributed by atoms with Gasteiger partial charge in [0, 0.05) is 24.2 Å². The molecule has 0 aliphatic carbocycles. The number of benzene rings is 2. The first-order chi connectivity index (χ1) is 10.4. The SMILES string of the molecule is O=C(NCc1cc([N+](=O)[O-])ccc1[O-])c1ccc(Cl)c(Cl)c1. The Kier molecular flexibility index (Phi) is 4.85. The second kappa shape index (κ2) is 6.64. The molecular formula is C14H9Cl2N2O4-. The molecule has 0 aliphatic rings. The molecule has 22 heavy (non-hydrogen) atoms. The first-order valence-corrected chi connectivity index (χ1v) is 6.81. The van der Waals surface area contributed by atoms with E-state index >= 15 is 0 Å². The molecular weight excluding hydrogens is 331 g/mol. The van der Waals surface area contributed by atoms with Gasteiger partial charge in [0.1, 0.15) is 0 Å². The smallest absolute Gasteiger partial charge is 0.269 e. The van der Waals surface area contributed by atoms with Gasteiger partial charge in [0.15, 0.2) is 0 Å². The topological polar surface area (TPSA) is 95.3 Å². The van der Waals surface area contributed by atoms with E-state index < -0.39 is 10.8 Å². The molecule has 0 saturated heterocycles. The Morgan fingerprint density at radius 3 is 2.50 bits per heavy atom. The van der Waals surface area contributed by atoms with Crippen molar-refractivity contribution in [3.63, 3.8) is 0 Å². The van der Waals surface area contributed by atoms with Crippen LogP contribution < -0.4 is 10.4 Å². The summed E-state index contributed by atoms with van der Waals surface area (Å²) < 4.78 is 0. The van der Waals surface area contributed by atoms with Gasteiger partial charge in [-0.3, -0.25) is 14.9 Å². The van der Waals surface area contributed by atoms with E-state index in [4.69, 9.17) is 23.2 Å². The van der Waals surface area contributed by atoms with E-state index in [-0.39, 0.29) is 34.1 Å². The van der Waals surface area contributed by atoms with Gasteiger partial charge >= 0.3 is 0 Å². The molecule has 0 unspecified atom stereocenters. The van der Waals surface area contributed by atoms with Gasteiger partial charge in [0.2, 0.25) is 0 Å². The van der Waals surface area contributed by atoms with E-state index in [1.807, 2.05) is 0 Å². The highest BCUT2D eigenvalue weighted by molar-refractivity contribution is 6.42. The molecule has 1 amide bonds. The molecule has 0 saturated carbocycles. The second-order valence-corrected chi connectivity index (χ2v) is 5.18. The molecule has 2 rings (SSSR count). The quantitative estimate of drug-likeness (QED) is 0.684. The lowest BCUT2D eigenvalue weighted by atomic mass is 10.1. The number of non-ortho nitro benzene ring substituents is 1. The Balaban J connectivity index is 2.12. The average molecular weight is 340 g/mol. The molecule has 0 fully saturated rings. The Hall–Kier alpha value is -2.31. The van der Waals surface area contributed by atoms with Crippen LogP contribution in [0.1, 0.15) is 15.9 Å². The minimum absolute atomic E-state index is 0.125. The van der Waals surface area contributed by atoms with Crippen molar-refractivity contribution in [2.75, 3.05) is 0 Å². The molecule has 0 radical (unpaired) electrons. The monoisotopic (exact) mass is 339 g/mol. The van der Waals surface area contributed by atoms with Crippen molar-refractivity contribution in [3.8, 4) is 5.75 Å². The van der Waals surface area contributed by atoms with Crippen LogP contribution in [0.3, 0.4) is 0 Å². The number of hydrogen-bond donors (Lipinski definition) is 1. The number of carbonyl (C=O) groups excluding carboxylic acids is 1. The molecule has 114 valence electrons. The van der Waals surface area contributed by atoms with Gasteiger partial charge in [0.25, 0.3) is 11.6 Å². The van der Waals surface area contributed by atoms with Crippen molar-refractivity contribution < 1.29 is 14.8 Å². The highest BCUT2D eigenvalue weighted by Gasteiger charge is 2.10. The predicted molar refractivity (Wildman–Crippen MR) is 80.2 cm³/mol. The summed E-state index contributed by atoms with van der Waals surface area (Å²) in [5.41, 5.74) is 0.188. The summed E-state index contributed by atoms with van der Waals surface area (Å²) in [6, 6.07) is 7.70. The second-order valence-electron chi connectivity index (χ2n) is 4.36. The zero-order chi connectivity index (χ0) is 16.3. The molecule has 0 aliphatic heterocycles. The number of rotatable bonds is 4. The molecule has 2 aromatic rings. The third-order valence-corrected chi connectivity index (χ3v) is 3.62. The van der Waals surface area contributed by atoms with E-state index in [1.54, 1.807) is 0 Å². The number of nitro groups is 1. The zero-order valence-electron chi connectivity index (χ0n) is 11.0. The molecule has 0 heterocycles. The Morgan fingerprint density at radius 1 is 1.14 bits per heavy atom. The lowest BCUT2D eigenvalue weighted by Gasteiger charge is -2.13. The zero-order valence-corrected chi connectivity index (χ0v) is 12.5. The van der Waals surface area contributed by atoms with Crippen LogP contribution in [0.2, 0.25) is 10.0 Å². The van der Waals surface area contributed by atoms with Gasteiger partial charge < -0.3 is 10.4 Å². The standard InChI is InChI=1S/C14H10Cl2N2O4/c15-11-3-1-8(6-12(11)16)14(20)17-7-9-5-10(18(21)22)2-4-13(9)19/h1-6,19H,7H2,(H,17,20)/p-1. The van der Waals surface area contributed by atoms with E-state index in [2.05, 4.69) is 5.32 Å². The van der Waals surface area contributed by atoms with Crippen molar-refractivity contribution in [3.05, 3.63) is 67.7 Å². The van der Waals surface area contributed by atoms with E-state index in [1.165, 1.54) is 18.2 Å². The minimum Gasteiger partial charge on any atom is -0.872 e. The van der Waals surface area contributed by atoms with Gasteiger partial charge in [0.05, 0.1) is 15.0 Å². The minimum atomic E-state index is -0.607. The Morgan fingerprint density at radius 2 is 1.86 bits per heavy atom. The van der Waals surface area contributed by atoms with Crippen molar-refractivity contribution in [1.82, 2.24) is 5.32 Å². The normalized spacial score (nSPS) is 10.3. The molecule has 1 N–H and O–H groups in total. The summed E-state index contributed by atoms with van der Waals surface area (Å²) in [4.78, 5) is 22.0. The van der Waals surface area contributed by atoms with Gasteiger partial charge in [-0.15, -0.1) is 5.75 Å². The summed E-state index contributed by atoms with van der Waals surface area (Å²) in [6.07, 6.45) is 0. The first kappa shape index (κ1) is 16.1. The molecule has 0 aromatic heterocycles. The third-order valence-electron chi connectivity index (χ3n) is 2.88. The van der Waals surface area contributed by atoms with Gasteiger partial charge in [-0.25, -0.2) is 0 Å². The fourth-order valence-electron chi connectivity index (χ4n) is 1.73. The van der Waals surface area contributed by atoms with Crippen LogP contribution in [0.5, 0.6) is 5.75 Å². The maximum absolute atomic E-state index is 12.0. The van der Waals surface area contributed by atoms with Crippen LogP contribution in [0.4, 0.5) is 5.69 Å². The van der Waals surface area contributed by atoms with Crippen LogP contribution in [0, 0.1) is 10.1 Å². The fourth-order valence-corrected chi connectivity index (χ4v) is 2.03. The average Bonchev–Trinajstić information content (AvgIpc) is 2.48. The van der Waals surface area contributed by atoms with Crippen molar-refractivity contribution in [2.45, 2.75) is 6.54 Å². The number of nitrogens with one attached hydrogen (secondary N) is 1. The van der Waals surface area contributed by atoms with Gasteiger partial charge in [-0.2, -0.15) is 0 Å². The summed E-state index contributed by atoms with van der Waals surface area (Å²) >= 11 is 11.6. The van der Waals surface area contributed by atoms with Crippen molar-refractivity contribution in [1.29, 1.82) is 0 Å². The first-order valence-electron chi connectivity index (χ1n) is 6.06. The number of amides is 1. The number of nitro benzene ring substituents is 1. The van der Waals surface area contributed by atoms with E-state index in [0.717, 1.165) is 18.2 Å². The summed E-state index contributed by atoms with van der Waals surface area (Å²) in [5.74, 6) is -0.857. The molecule has 8 heteroatoms. The molecule has 6 nitrogen and oxygen atoms in total. The molecule has 2 aromatic carbocycles. The lowest BCUT2D eigenvalue weighted by Crippen LogP contribution is -2.23. The maximum Gasteiger partial charge on any atom is 0.269 e. The number of hydrogen-bond acceptors (Lipinski definition) is 4. The highest BCUT2D eigenvalue weighted by atomic mass is 35.5. The fraction of sp³-hybridized carbons (Fsp3) is 0.0714. The Bertz CT molecular complexity index is 750. The molecule has 0 spiro atoms. The van der Waals surface area contributed by atoms with Crippen LogP contribution in [0.15, 0.2) is 36.4 Å². The van der Waals surface area contributed by atoms with Crippen molar-refractivity contribution >= 4 is 34.8 Å². The van der Waals surface area contributed by atoms with Crippen LogP contribution >= 0.6 is 23.2 Å². The summed E-state index contributed by atoms with van der Waals surface area (Å²) in [7, 11) is 0. The van der Waals surface area contributed by atoms with Crippen LogP contribution in [-0.2, 0) is 6.54 Å². The lowest BCUT2D eigenvalue weighted by molar-refractivity contribution is -0.385. The number of halogens is 2. The molecule has 0 atom stereocenters. The van der Waals surface area contributed by atoms with E-state index in [9.17, 15) is 20.0 Å². The number of nitrogens with zero attached hydrogens (tertiary/aromatic N) is 1.